The molecule has 1 aromatic carbocycles. The lowest BCUT2D eigenvalue weighted by Gasteiger charge is -2.04. The molecule has 3 rings (SSSR count). The average Bonchev–Trinajstić information content (AvgIpc) is 3.05. The van der Waals surface area contributed by atoms with Gasteiger partial charge in [-0.3, -0.25) is 4.79 Å². The smallest absolute Gasteiger partial charge is 0.255 e. The summed E-state index contributed by atoms with van der Waals surface area (Å²) in [5.74, 6) is -0.114. The molecule has 1 N–H and O–H groups in total. The molecule has 0 fully saturated rings. The van der Waals surface area contributed by atoms with Gasteiger partial charge in [0.15, 0.2) is 0 Å². The predicted molar refractivity (Wildman–Crippen MR) is 75.5 cm³/mol. The average molecular weight is 269 g/mol. The Bertz CT molecular complexity index is 742. The third-order valence-electron chi connectivity index (χ3n) is 3.31. The number of amides is 1. The molecule has 2 heterocycles. The lowest BCUT2D eigenvalue weighted by atomic mass is 10.1. The van der Waals surface area contributed by atoms with Crippen LogP contribution >= 0.6 is 0 Å². The second-order valence-corrected chi connectivity index (χ2v) is 4.65. The van der Waals surface area contributed by atoms with Crippen LogP contribution in [-0.2, 0) is 13.5 Å². The quantitative estimate of drug-likeness (QED) is 0.789. The Morgan fingerprint density at radius 2 is 2.25 bits per heavy atom. The van der Waals surface area contributed by atoms with Crippen molar-refractivity contribution < 1.29 is 9.21 Å². The lowest BCUT2D eigenvalue weighted by Crippen LogP contribution is -2.25. The van der Waals surface area contributed by atoms with Gasteiger partial charge in [-0.05, 0) is 6.07 Å². The van der Waals surface area contributed by atoms with Gasteiger partial charge >= 0.3 is 0 Å². The van der Waals surface area contributed by atoms with Crippen LogP contribution in [0.3, 0.4) is 0 Å². The van der Waals surface area contributed by atoms with Crippen molar-refractivity contribution in [3.63, 3.8) is 0 Å². The molecule has 102 valence electrons. The molecule has 0 aliphatic rings. The largest absolute Gasteiger partial charge is 0.463 e. The van der Waals surface area contributed by atoms with E-state index < -0.39 is 0 Å². The number of imidazole rings is 1. The Morgan fingerprint density at radius 1 is 1.40 bits per heavy atom. The fraction of sp³-hybridized carbons (Fsp3) is 0.200. The first kappa shape index (κ1) is 12.5. The highest BCUT2D eigenvalue weighted by Gasteiger charge is 2.12. The summed E-state index contributed by atoms with van der Waals surface area (Å²) in [6.07, 6.45) is 5.81. The molecule has 1 amide bonds. The highest BCUT2D eigenvalue weighted by atomic mass is 16.3. The van der Waals surface area contributed by atoms with Crippen LogP contribution in [0.1, 0.15) is 16.1 Å². The van der Waals surface area contributed by atoms with Crippen LogP contribution in [0.15, 0.2) is 47.5 Å². The molecule has 5 heteroatoms. The van der Waals surface area contributed by atoms with E-state index >= 15 is 0 Å². The minimum Gasteiger partial charge on any atom is -0.463 e. The number of hydrogen-bond acceptors (Lipinski definition) is 3. The number of para-hydroxylation sites is 1. The van der Waals surface area contributed by atoms with E-state index in [0.717, 1.165) is 23.1 Å². The summed E-state index contributed by atoms with van der Waals surface area (Å²) in [5.41, 5.74) is 2.39. The molecule has 0 radical (unpaired) electrons. The number of nitrogens with zero attached hydrogens (tertiary/aromatic N) is 2. The van der Waals surface area contributed by atoms with Crippen molar-refractivity contribution in [2.24, 2.45) is 7.05 Å². The molecular formula is C15H15N3O2. The van der Waals surface area contributed by atoms with E-state index in [1.807, 2.05) is 35.9 Å². The lowest BCUT2D eigenvalue weighted by molar-refractivity contribution is 0.0955. The van der Waals surface area contributed by atoms with Gasteiger partial charge in [-0.2, -0.15) is 0 Å². The van der Waals surface area contributed by atoms with Crippen molar-refractivity contribution in [2.45, 2.75) is 6.42 Å². The van der Waals surface area contributed by atoms with Crippen LogP contribution in [0.4, 0.5) is 0 Å². The zero-order valence-electron chi connectivity index (χ0n) is 11.2. The van der Waals surface area contributed by atoms with E-state index in [-0.39, 0.29) is 5.91 Å². The van der Waals surface area contributed by atoms with Crippen LogP contribution in [0.5, 0.6) is 0 Å². The van der Waals surface area contributed by atoms with Crippen LogP contribution in [0, 0.1) is 0 Å². The third kappa shape index (κ3) is 2.30. The topological polar surface area (TPSA) is 60.1 Å². The maximum atomic E-state index is 12.1. The molecule has 3 aromatic rings. The molecular weight excluding hydrogens is 254 g/mol. The van der Waals surface area contributed by atoms with Crippen LogP contribution < -0.4 is 5.32 Å². The van der Waals surface area contributed by atoms with Gasteiger partial charge in [0.2, 0.25) is 0 Å². The van der Waals surface area contributed by atoms with Gasteiger partial charge in [0.25, 0.3) is 5.91 Å². The highest BCUT2D eigenvalue weighted by Crippen LogP contribution is 2.20. The first-order valence-corrected chi connectivity index (χ1v) is 6.45. The molecule has 0 saturated carbocycles. The Morgan fingerprint density at radius 3 is 3.05 bits per heavy atom. The standard InChI is InChI=1S/C15H15N3O2/c1-18-10-16-8-11(18)6-7-17-15(19)13-9-20-14-5-3-2-4-12(13)14/h2-5,8-10H,6-7H2,1H3,(H,17,19). The normalized spacial score (nSPS) is 10.8. The summed E-state index contributed by atoms with van der Waals surface area (Å²) >= 11 is 0. The summed E-state index contributed by atoms with van der Waals surface area (Å²) in [7, 11) is 1.94. The molecule has 2 aromatic heterocycles. The fourth-order valence-electron chi connectivity index (χ4n) is 2.18. The Kier molecular flexibility index (Phi) is 3.25. The molecule has 0 aliphatic carbocycles. The number of aryl methyl sites for hydroxylation is 1. The van der Waals surface area contributed by atoms with E-state index in [4.69, 9.17) is 4.42 Å². The Labute approximate surface area is 116 Å². The van der Waals surface area contributed by atoms with Gasteiger partial charge in [-0.25, -0.2) is 4.98 Å². The number of rotatable bonds is 4. The van der Waals surface area contributed by atoms with E-state index in [9.17, 15) is 4.79 Å². The number of carbonyl (C=O) groups excluding carboxylic acids is 1. The second kappa shape index (κ2) is 5.21. The predicted octanol–water partition coefficient (Wildman–Crippen LogP) is 2.14. The summed E-state index contributed by atoms with van der Waals surface area (Å²) in [6.45, 7) is 0.567. The van der Waals surface area contributed by atoms with Gasteiger partial charge < -0.3 is 14.3 Å². The van der Waals surface area contributed by atoms with Gasteiger partial charge in [-0.1, -0.05) is 18.2 Å². The number of furan rings is 1. The number of benzene rings is 1. The summed E-state index contributed by atoms with van der Waals surface area (Å²) in [6, 6.07) is 7.51. The zero-order chi connectivity index (χ0) is 13.9. The summed E-state index contributed by atoms with van der Waals surface area (Å²) < 4.78 is 7.31. The molecule has 0 saturated heterocycles. The Hall–Kier alpha value is -2.56. The first-order chi connectivity index (χ1) is 9.75. The molecule has 0 bridgehead atoms. The van der Waals surface area contributed by atoms with E-state index in [2.05, 4.69) is 10.3 Å². The van der Waals surface area contributed by atoms with Crippen molar-refractivity contribution in [3.8, 4) is 0 Å². The van der Waals surface area contributed by atoms with Crippen molar-refractivity contribution in [2.75, 3.05) is 6.54 Å². The second-order valence-electron chi connectivity index (χ2n) is 4.65. The molecule has 5 nitrogen and oxygen atoms in total. The maximum Gasteiger partial charge on any atom is 0.255 e. The van der Waals surface area contributed by atoms with E-state index in [1.165, 1.54) is 6.26 Å². The minimum atomic E-state index is -0.114. The van der Waals surface area contributed by atoms with Crippen LogP contribution in [0.25, 0.3) is 11.0 Å². The molecule has 0 spiro atoms. The van der Waals surface area contributed by atoms with Crippen molar-refractivity contribution in [1.29, 1.82) is 0 Å². The monoisotopic (exact) mass is 269 g/mol. The molecule has 20 heavy (non-hydrogen) atoms. The van der Waals surface area contributed by atoms with Crippen LogP contribution in [0.2, 0.25) is 0 Å². The molecule has 0 unspecified atom stereocenters. The van der Waals surface area contributed by atoms with Crippen molar-refractivity contribution in [3.05, 3.63) is 54.3 Å². The number of aromatic nitrogens is 2. The number of carbonyl (C=O) groups is 1. The third-order valence-corrected chi connectivity index (χ3v) is 3.31. The molecule has 0 atom stereocenters. The summed E-state index contributed by atoms with van der Waals surface area (Å²) in [4.78, 5) is 16.2. The maximum absolute atomic E-state index is 12.1. The van der Waals surface area contributed by atoms with E-state index in [1.54, 1.807) is 12.5 Å². The fourth-order valence-corrected chi connectivity index (χ4v) is 2.18. The minimum absolute atomic E-state index is 0.114. The van der Waals surface area contributed by atoms with Crippen molar-refractivity contribution >= 4 is 16.9 Å². The highest BCUT2D eigenvalue weighted by molar-refractivity contribution is 6.05. The number of hydrogen-bond donors (Lipinski definition) is 1. The Balaban J connectivity index is 1.66. The first-order valence-electron chi connectivity index (χ1n) is 6.45. The van der Waals surface area contributed by atoms with Crippen LogP contribution in [-0.4, -0.2) is 22.0 Å². The van der Waals surface area contributed by atoms with Gasteiger partial charge in [-0.15, -0.1) is 0 Å². The molecule has 0 aliphatic heterocycles. The SMILES string of the molecule is Cn1cncc1CCNC(=O)c1coc2ccccc12. The van der Waals surface area contributed by atoms with Crippen molar-refractivity contribution in [1.82, 2.24) is 14.9 Å². The van der Waals surface area contributed by atoms with E-state index in [0.29, 0.717) is 12.1 Å². The van der Waals surface area contributed by atoms with Gasteiger partial charge in [0.1, 0.15) is 11.8 Å². The number of fused-ring (bicyclic) bond motifs is 1. The van der Waals surface area contributed by atoms with Gasteiger partial charge in [0.05, 0.1) is 11.9 Å². The number of nitrogens with one attached hydrogen (secondary N) is 1. The summed E-state index contributed by atoms with van der Waals surface area (Å²) in [5, 5.41) is 3.74. The zero-order valence-corrected chi connectivity index (χ0v) is 11.2. The van der Waals surface area contributed by atoms with Gasteiger partial charge in [0, 0.05) is 37.3 Å².